The molecule has 0 saturated carbocycles. The van der Waals surface area contributed by atoms with Crippen LogP contribution in [0.15, 0.2) is 0 Å². The van der Waals surface area contributed by atoms with Crippen LogP contribution in [0, 0.1) is 0 Å². The van der Waals surface area contributed by atoms with E-state index in [2.05, 4.69) is 0 Å². The predicted molar refractivity (Wildman–Crippen MR) is 59.3 cm³/mol. The van der Waals surface area contributed by atoms with E-state index in [1.165, 1.54) is 0 Å². The van der Waals surface area contributed by atoms with E-state index in [1.54, 1.807) is 0 Å². The topological polar surface area (TPSA) is 221 Å². The van der Waals surface area contributed by atoms with Crippen LogP contribution in [0.5, 0.6) is 0 Å². The third kappa shape index (κ3) is 12.7. The average Bonchev–Trinajstić information content (AvgIpc) is 2.08. The molecule has 0 spiro atoms. The van der Waals surface area contributed by atoms with Gasteiger partial charge in [0.2, 0.25) is 0 Å². The van der Waals surface area contributed by atoms with Crippen molar-refractivity contribution in [2.45, 2.75) is 11.7 Å². The van der Waals surface area contributed by atoms with Crippen LogP contribution >= 0.6 is 0 Å². The number of carboxylic acids is 3. The average molecular weight is 338 g/mol. The van der Waals surface area contributed by atoms with Gasteiger partial charge in [0.15, 0.2) is 11.0 Å². The summed E-state index contributed by atoms with van der Waals surface area (Å²) in [6, 6.07) is 0. The Labute approximate surface area is 112 Å². The lowest BCUT2D eigenvalue weighted by Crippen LogP contribution is -2.31. The Morgan fingerprint density at radius 2 is 1.25 bits per heavy atom. The second kappa shape index (κ2) is 7.73. The van der Waals surface area contributed by atoms with Gasteiger partial charge >= 0.3 is 17.9 Å². The SMILES string of the molecule is O=C(O)CC(C(=O)O)S(=O)(=O)O.O=C(O)CS(=O)(=O)O. The third-order valence-electron chi connectivity index (χ3n) is 1.30. The van der Waals surface area contributed by atoms with Crippen molar-refractivity contribution in [3.63, 3.8) is 0 Å². The van der Waals surface area contributed by atoms with Crippen molar-refractivity contribution in [2.24, 2.45) is 0 Å². The Kier molecular flexibility index (Phi) is 7.94. The Morgan fingerprint density at radius 1 is 0.850 bits per heavy atom. The second-order valence-electron chi connectivity index (χ2n) is 3.06. The fourth-order valence-electron chi connectivity index (χ4n) is 0.635. The number of hydrogen-bond acceptors (Lipinski definition) is 7. The van der Waals surface area contributed by atoms with Gasteiger partial charge in [0.25, 0.3) is 20.2 Å². The first-order valence-electron chi connectivity index (χ1n) is 4.24. The highest BCUT2D eigenvalue weighted by atomic mass is 32.2. The van der Waals surface area contributed by atoms with Gasteiger partial charge in [-0.3, -0.25) is 23.5 Å². The zero-order chi connectivity index (χ0) is 16.7. The summed E-state index contributed by atoms with van der Waals surface area (Å²) in [5.41, 5.74) is 0. The van der Waals surface area contributed by atoms with Crippen LogP contribution in [0.4, 0.5) is 0 Å². The summed E-state index contributed by atoms with van der Waals surface area (Å²) in [5.74, 6) is -6.29. The molecule has 0 saturated heterocycles. The molecule has 20 heavy (non-hydrogen) atoms. The smallest absolute Gasteiger partial charge is 0.325 e. The first-order valence-corrected chi connectivity index (χ1v) is 7.36. The Balaban J connectivity index is 0. The van der Waals surface area contributed by atoms with Crippen molar-refractivity contribution in [3.8, 4) is 0 Å². The molecule has 1 unspecified atom stereocenters. The molecular formula is C6H10O12S2. The van der Waals surface area contributed by atoms with E-state index in [-0.39, 0.29) is 0 Å². The van der Waals surface area contributed by atoms with Crippen LogP contribution in [0.25, 0.3) is 0 Å². The molecule has 0 aliphatic heterocycles. The minimum atomic E-state index is -4.84. The minimum absolute atomic E-state index is 1.16. The monoisotopic (exact) mass is 338 g/mol. The molecule has 0 radical (unpaired) electrons. The summed E-state index contributed by atoms with van der Waals surface area (Å²) in [5, 5.41) is 21.6. The number of aliphatic carboxylic acids is 3. The van der Waals surface area contributed by atoms with Gasteiger partial charge in [-0.15, -0.1) is 0 Å². The molecule has 1 atom stereocenters. The fourth-order valence-corrected chi connectivity index (χ4v) is 1.55. The lowest BCUT2D eigenvalue weighted by atomic mass is 10.3. The van der Waals surface area contributed by atoms with Crippen LogP contribution in [0.3, 0.4) is 0 Å². The van der Waals surface area contributed by atoms with E-state index in [1.807, 2.05) is 0 Å². The largest absolute Gasteiger partial charge is 0.481 e. The third-order valence-corrected chi connectivity index (χ3v) is 3.00. The van der Waals surface area contributed by atoms with Gasteiger partial charge in [-0.05, 0) is 0 Å². The molecule has 0 aliphatic rings. The highest BCUT2D eigenvalue weighted by Gasteiger charge is 2.33. The highest BCUT2D eigenvalue weighted by Crippen LogP contribution is 2.04. The first kappa shape index (κ1) is 20.5. The van der Waals surface area contributed by atoms with E-state index >= 15 is 0 Å². The molecule has 0 aliphatic carbocycles. The van der Waals surface area contributed by atoms with E-state index < -0.39 is 55.6 Å². The predicted octanol–water partition coefficient (Wildman–Crippen LogP) is -2.24. The maximum Gasteiger partial charge on any atom is 0.325 e. The van der Waals surface area contributed by atoms with Crippen LogP contribution in [-0.2, 0) is 34.6 Å². The zero-order valence-corrected chi connectivity index (χ0v) is 11.0. The maximum absolute atomic E-state index is 10.2. The molecular weight excluding hydrogens is 328 g/mol. The minimum Gasteiger partial charge on any atom is -0.481 e. The normalized spacial score (nSPS) is 12.7. The fraction of sp³-hybridized carbons (Fsp3) is 0.500. The van der Waals surface area contributed by atoms with Gasteiger partial charge in [-0.1, -0.05) is 0 Å². The Bertz CT molecular complexity index is 569. The standard InChI is InChI=1S/C4H6O7S.C2H4O5S/c5-3(6)1-2(4(7)8)12(9,10)11;3-2(4)1-8(5,6)7/h2H,1H2,(H,5,6)(H,7,8)(H,9,10,11);1H2,(H,3,4)(H,5,6,7). The van der Waals surface area contributed by atoms with Crippen molar-refractivity contribution in [1.29, 1.82) is 0 Å². The second-order valence-corrected chi connectivity index (χ2v) is 6.11. The van der Waals surface area contributed by atoms with Crippen molar-refractivity contribution in [2.75, 3.05) is 5.75 Å². The summed E-state index contributed by atoms with van der Waals surface area (Å²) >= 11 is 0. The molecule has 5 N–H and O–H groups in total. The number of carboxylic acid groups (broad SMARTS) is 3. The van der Waals surface area contributed by atoms with Crippen molar-refractivity contribution in [3.05, 3.63) is 0 Å². The van der Waals surface area contributed by atoms with Gasteiger partial charge in [0.1, 0.15) is 0 Å². The highest BCUT2D eigenvalue weighted by molar-refractivity contribution is 7.87. The molecule has 0 aromatic carbocycles. The molecule has 0 amide bonds. The van der Waals surface area contributed by atoms with E-state index in [0.717, 1.165) is 0 Å². The summed E-state index contributed by atoms with van der Waals surface area (Å²) in [4.78, 5) is 29.5. The lowest BCUT2D eigenvalue weighted by molar-refractivity contribution is -0.143. The van der Waals surface area contributed by atoms with Gasteiger partial charge in [-0.25, -0.2) is 0 Å². The molecule has 118 valence electrons. The molecule has 0 fully saturated rings. The zero-order valence-electron chi connectivity index (χ0n) is 9.40. The number of hydrogen-bond donors (Lipinski definition) is 5. The van der Waals surface area contributed by atoms with Gasteiger partial charge in [0, 0.05) is 0 Å². The molecule has 0 aromatic heterocycles. The quantitative estimate of drug-likeness (QED) is 0.324. The summed E-state index contributed by atoms with van der Waals surface area (Å²) in [6.45, 7) is 0. The lowest BCUT2D eigenvalue weighted by Gasteiger charge is -2.04. The number of rotatable bonds is 6. The summed E-state index contributed by atoms with van der Waals surface area (Å²) < 4.78 is 55.7. The van der Waals surface area contributed by atoms with Crippen molar-refractivity contribution in [1.82, 2.24) is 0 Å². The van der Waals surface area contributed by atoms with Crippen molar-refractivity contribution < 1.29 is 55.6 Å². The maximum atomic E-state index is 10.2. The summed E-state index contributed by atoms with van der Waals surface area (Å²) in [7, 11) is -9.16. The van der Waals surface area contributed by atoms with Gasteiger partial charge < -0.3 is 15.3 Å². The van der Waals surface area contributed by atoms with E-state index in [9.17, 15) is 31.2 Å². The molecule has 12 nitrogen and oxygen atoms in total. The number of carbonyl (C=O) groups is 3. The molecule has 0 aromatic rings. The Hall–Kier alpha value is -1.77. The molecule has 0 rings (SSSR count). The first-order chi connectivity index (χ1) is 8.66. The molecule has 14 heteroatoms. The van der Waals surface area contributed by atoms with Crippen molar-refractivity contribution >= 4 is 38.1 Å². The molecule has 0 heterocycles. The van der Waals surface area contributed by atoms with E-state index in [4.69, 9.17) is 24.4 Å². The van der Waals surface area contributed by atoms with Gasteiger partial charge in [0.05, 0.1) is 6.42 Å². The van der Waals surface area contributed by atoms with Gasteiger partial charge in [-0.2, -0.15) is 16.8 Å². The van der Waals surface area contributed by atoms with Crippen LogP contribution < -0.4 is 0 Å². The van der Waals surface area contributed by atoms with Crippen LogP contribution in [0.2, 0.25) is 0 Å². The summed E-state index contributed by atoms with van der Waals surface area (Å²) in [6.07, 6.45) is -1.16. The molecule has 0 bridgehead atoms. The van der Waals surface area contributed by atoms with E-state index in [0.29, 0.717) is 0 Å². The Morgan fingerprint density at radius 3 is 1.30 bits per heavy atom. The van der Waals surface area contributed by atoms with Crippen LogP contribution in [-0.4, -0.2) is 70.2 Å². The van der Waals surface area contributed by atoms with Crippen LogP contribution in [0.1, 0.15) is 6.42 Å².